The zero-order valence-electron chi connectivity index (χ0n) is 68.3. The number of hydrogen-bond donors (Lipinski definition) is 3. The van der Waals surface area contributed by atoms with Crippen molar-refractivity contribution in [3.8, 4) is 0 Å². The number of phosphoric ester groups is 2. The Morgan fingerprint density at radius 3 is 0.731 bits per heavy atom. The molecule has 0 bridgehead atoms. The van der Waals surface area contributed by atoms with Gasteiger partial charge in [-0.15, -0.1) is 0 Å². The number of unbranched alkanes of at least 4 members (excludes halogenated alkanes) is 53. The molecule has 0 aromatic rings. The molecule has 6 atom stereocenters. The minimum atomic E-state index is -4.96. The molecular weight excluding hydrogens is 1350 g/mol. The second kappa shape index (κ2) is 76.4. The van der Waals surface area contributed by atoms with Crippen LogP contribution in [0.15, 0.2) is 0 Å². The van der Waals surface area contributed by atoms with Crippen LogP contribution in [-0.2, 0) is 65.4 Å². The van der Waals surface area contributed by atoms with Crippen LogP contribution >= 0.6 is 15.6 Å². The summed E-state index contributed by atoms with van der Waals surface area (Å²) in [6.07, 6.45) is 67.9. The predicted octanol–water partition coefficient (Wildman–Crippen LogP) is 25.8. The fourth-order valence-electron chi connectivity index (χ4n) is 13.2. The van der Waals surface area contributed by atoms with E-state index in [4.69, 9.17) is 37.0 Å². The highest BCUT2D eigenvalue weighted by Gasteiger charge is 2.30. The van der Waals surface area contributed by atoms with E-state index in [9.17, 15) is 43.2 Å². The van der Waals surface area contributed by atoms with Crippen LogP contribution < -0.4 is 0 Å². The topological polar surface area (TPSA) is 237 Å². The molecule has 0 aromatic heterocycles. The van der Waals surface area contributed by atoms with Gasteiger partial charge in [-0.2, -0.15) is 0 Å². The Morgan fingerprint density at radius 2 is 0.490 bits per heavy atom. The summed E-state index contributed by atoms with van der Waals surface area (Å²) in [4.78, 5) is 73.2. The number of phosphoric acid groups is 2. The third kappa shape index (κ3) is 76.8. The average molecular weight is 1520 g/mol. The fourth-order valence-corrected chi connectivity index (χ4v) is 14.8. The first-order valence-electron chi connectivity index (χ1n) is 44.0. The molecule has 0 amide bonds. The van der Waals surface area contributed by atoms with Crippen molar-refractivity contribution in [2.75, 3.05) is 39.6 Å². The number of aliphatic hydroxyl groups excluding tert-OH is 1. The Labute approximate surface area is 638 Å². The van der Waals surface area contributed by atoms with E-state index < -0.39 is 97.5 Å². The van der Waals surface area contributed by atoms with Gasteiger partial charge >= 0.3 is 39.5 Å². The molecule has 0 saturated carbocycles. The van der Waals surface area contributed by atoms with Gasteiger partial charge in [-0.1, -0.05) is 401 Å². The molecule has 0 spiro atoms. The van der Waals surface area contributed by atoms with E-state index in [1.54, 1.807) is 0 Å². The summed E-state index contributed by atoms with van der Waals surface area (Å²) in [5.74, 6) is -0.487. The minimum absolute atomic E-state index is 0.108. The van der Waals surface area contributed by atoms with Crippen LogP contribution in [0.2, 0.25) is 0 Å². The Balaban J connectivity index is 5.24. The van der Waals surface area contributed by atoms with Crippen LogP contribution in [0.5, 0.6) is 0 Å². The molecule has 0 aliphatic rings. The van der Waals surface area contributed by atoms with E-state index in [-0.39, 0.29) is 25.7 Å². The molecule has 0 fully saturated rings. The Hall–Kier alpha value is -1.94. The van der Waals surface area contributed by atoms with E-state index in [2.05, 4.69) is 41.5 Å². The van der Waals surface area contributed by atoms with Gasteiger partial charge in [-0.05, 0) is 37.5 Å². The zero-order valence-corrected chi connectivity index (χ0v) is 70.1. The van der Waals surface area contributed by atoms with Gasteiger partial charge in [0, 0.05) is 25.7 Å². The third-order valence-corrected chi connectivity index (χ3v) is 22.2. The first kappa shape index (κ1) is 102. The summed E-state index contributed by atoms with van der Waals surface area (Å²) < 4.78 is 68.9. The molecule has 17 nitrogen and oxygen atoms in total. The van der Waals surface area contributed by atoms with Crippen molar-refractivity contribution in [2.24, 2.45) is 11.8 Å². The number of carbonyl (C=O) groups excluding carboxylic acids is 4. The lowest BCUT2D eigenvalue weighted by atomic mass is 9.99. The van der Waals surface area contributed by atoms with Crippen molar-refractivity contribution in [3.63, 3.8) is 0 Å². The molecule has 0 aromatic carbocycles. The smallest absolute Gasteiger partial charge is 0.462 e. The maximum absolute atomic E-state index is 13.1. The van der Waals surface area contributed by atoms with Crippen molar-refractivity contribution in [3.05, 3.63) is 0 Å². The maximum atomic E-state index is 13.1. The standard InChI is InChI=1S/C85H166O17P2/c1-7-10-12-14-16-18-20-22-24-30-34-37-43-49-55-61-67-82(87)95-73-80(101-85(90)70-64-58-52-45-39-35-31-28-26-25-27-29-32-36-42-48-54-60-66-78(6)9-3)75-99-103(91,92)97-71-79(86)72-98-104(93,94)100-76-81(74-96-83(88)68-62-56-50-46-40-41-47-53-59-65-77(4)5)102-84(89)69-63-57-51-44-38-33-23-21-19-17-15-13-11-8-2/h77-81,86H,7-76H2,1-6H3,(H,91,92)(H,93,94)/t78?,79-,80-,81-/m1/s1. The van der Waals surface area contributed by atoms with Crippen LogP contribution in [0.1, 0.15) is 452 Å². The third-order valence-electron chi connectivity index (χ3n) is 20.3. The Morgan fingerprint density at radius 1 is 0.279 bits per heavy atom. The van der Waals surface area contributed by atoms with Crippen molar-refractivity contribution in [1.29, 1.82) is 0 Å². The van der Waals surface area contributed by atoms with Crippen LogP contribution in [0, 0.1) is 11.8 Å². The van der Waals surface area contributed by atoms with Gasteiger partial charge in [0.15, 0.2) is 12.2 Å². The second-order valence-corrected chi connectivity index (χ2v) is 34.2. The van der Waals surface area contributed by atoms with Gasteiger partial charge in [0.2, 0.25) is 0 Å². The quantitative estimate of drug-likeness (QED) is 0.0222. The zero-order chi connectivity index (χ0) is 76.4. The van der Waals surface area contributed by atoms with Gasteiger partial charge in [0.05, 0.1) is 26.4 Å². The number of hydrogen-bond acceptors (Lipinski definition) is 15. The van der Waals surface area contributed by atoms with Gasteiger partial charge < -0.3 is 33.8 Å². The largest absolute Gasteiger partial charge is 0.472 e. The molecule has 3 unspecified atom stereocenters. The molecule has 3 N–H and O–H groups in total. The van der Waals surface area contributed by atoms with E-state index >= 15 is 0 Å². The number of esters is 4. The lowest BCUT2D eigenvalue weighted by Gasteiger charge is -2.21. The number of ether oxygens (including phenoxy) is 4. The van der Waals surface area contributed by atoms with Crippen molar-refractivity contribution in [1.82, 2.24) is 0 Å². The highest BCUT2D eigenvalue weighted by atomic mass is 31.2. The summed E-state index contributed by atoms with van der Waals surface area (Å²) in [5, 5.41) is 10.7. The highest BCUT2D eigenvalue weighted by Crippen LogP contribution is 2.45. The molecule has 0 saturated heterocycles. The molecule has 104 heavy (non-hydrogen) atoms. The van der Waals surface area contributed by atoms with E-state index in [1.165, 1.54) is 270 Å². The lowest BCUT2D eigenvalue weighted by molar-refractivity contribution is -0.161. The molecule has 618 valence electrons. The molecule has 0 rings (SSSR count). The van der Waals surface area contributed by atoms with Crippen LogP contribution in [0.25, 0.3) is 0 Å². The number of aliphatic hydroxyl groups is 1. The summed E-state index contributed by atoms with van der Waals surface area (Å²) in [5.41, 5.74) is 0. The summed E-state index contributed by atoms with van der Waals surface area (Å²) in [6, 6.07) is 0. The molecule has 0 radical (unpaired) electrons. The van der Waals surface area contributed by atoms with Crippen LogP contribution in [0.3, 0.4) is 0 Å². The molecule has 19 heteroatoms. The number of carbonyl (C=O) groups is 4. The predicted molar refractivity (Wildman–Crippen MR) is 428 cm³/mol. The van der Waals surface area contributed by atoms with Crippen molar-refractivity contribution in [2.45, 2.75) is 471 Å². The van der Waals surface area contributed by atoms with Gasteiger partial charge in [-0.25, -0.2) is 9.13 Å². The Bertz CT molecular complexity index is 2000. The van der Waals surface area contributed by atoms with Gasteiger partial charge in [-0.3, -0.25) is 37.3 Å². The van der Waals surface area contributed by atoms with Gasteiger partial charge in [0.25, 0.3) is 0 Å². The summed E-state index contributed by atoms with van der Waals surface area (Å²) >= 11 is 0. The maximum Gasteiger partial charge on any atom is 0.472 e. The van der Waals surface area contributed by atoms with Crippen molar-refractivity contribution < 1.29 is 80.2 Å². The van der Waals surface area contributed by atoms with Gasteiger partial charge in [0.1, 0.15) is 19.3 Å². The van der Waals surface area contributed by atoms with E-state index in [0.29, 0.717) is 25.7 Å². The minimum Gasteiger partial charge on any atom is -0.462 e. The first-order chi connectivity index (χ1) is 50.4. The Kier molecular flexibility index (Phi) is 75.0. The van der Waals surface area contributed by atoms with Crippen LogP contribution in [-0.4, -0.2) is 96.7 Å². The normalized spacial score (nSPS) is 14.1. The fraction of sp³-hybridized carbons (Fsp3) is 0.953. The second-order valence-electron chi connectivity index (χ2n) is 31.3. The monoisotopic (exact) mass is 1520 g/mol. The molecule has 0 aliphatic heterocycles. The molecule has 0 heterocycles. The van der Waals surface area contributed by atoms with E-state index in [0.717, 1.165) is 102 Å². The summed E-state index contributed by atoms with van der Waals surface area (Å²) in [6.45, 7) is 9.72. The molecule has 0 aliphatic carbocycles. The summed E-state index contributed by atoms with van der Waals surface area (Å²) in [7, 11) is -9.93. The van der Waals surface area contributed by atoms with E-state index in [1.807, 2.05) is 0 Å². The first-order valence-corrected chi connectivity index (χ1v) is 47.0. The average Bonchev–Trinajstić information content (AvgIpc) is 0.905. The number of rotatable bonds is 84. The lowest BCUT2D eigenvalue weighted by Crippen LogP contribution is -2.30. The van der Waals surface area contributed by atoms with Crippen LogP contribution in [0.4, 0.5) is 0 Å². The molecular formula is C85H166O17P2. The van der Waals surface area contributed by atoms with Crippen molar-refractivity contribution >= 4 is 39.5 Å². The SMILES string of the molecule is CCCCCCCCCCCCCCCCCCC(=O)OC[C@H](COP(=O)(O)OC[C@@H](O)COP(=O)(O)OC[C@@H](COC(=O)CCCCCCCCCCCC(C)C)OC(=O)CCCCCCCCCCCCCCCC)OC(=O)CCCCCCCCCCCCCCCCCCCCC(C)CC. The highest BCUT2D eigenvalue weighted by molar-refractivity contribution is 7.47.